The maximum Gasteiger partial charge on any atom is 0.335 e. The van der Waals surface area contributed by atoms with Crippen LogP contribution >= 0.6 is 0 Å². The van der Waals surface area contributed by atoms with Crippen LogP contribution in [0.5, 0.6) is 0 Å². The van der Waals surface area contributed by atoms with Crippen LogP contribution in [-0.4, -0.2) is 17.1 Å². The van der Waals surface area contributed by atoms with Gasteiger partial charge in [-0.2, -0.15) is 0 Å². The van der Waals surface area contributed by atoms with E-state index in [0.717, 1.165) is 5.69 Å². The molecule has 1 saturated carbocycles. The number of hydrogen-bond donors (Lipinski definition) is 2. The van der Waals surface area contributed by atoms with E-state index in [2.05, 4.69) is 5.32 Å². The van der Waals surface area contributed by atoms with Crippen molar-refractivity contribution >= 4 is 11.7 Å². The minimum atomic E-state index is -0.868. The topological polar surface area (TPSA) is 49.3 Å². The summed E-state index contributed by atoms with van der Waals surface area (Å²) in [5.74, 6) is -0.868. The molecule has 0 radical (unpaired) electrons. The largest absolute Gasteiger partial charge is 0.478 e. The fourth-order valence-corrected chi connectivity index (χ4v) is 2.55. The quantitative estimate of drug-likeness (QED) is 0.851. The number of nitrogens with one attached hydrogen (secondary N) is 1. The second-order valence-electron chi connectivity index (χ2n) is 5.07. The van der Waals surface area contributed by atoms with Gasteiger partial charge in [-0.1, -0.05) is 32.1 Å². The minimum Gasteiger partial charge on any atom is -0.478 e. The van der Waals surface area contributed by atoms with Crippen molar-refractivity contribution in [3.8, 4) is 0 Å². The Morgan fingerprint density at radius 3 is 2.11 bits per heavy atom. The summed E-state index contributed by atoms with van der Waals surface area (Å²) in [6.07, 6.45) is 9.10. The highest BCUT2D eigenvalue weighted by Crippen LogP contribution is 2.21. The zero-order chi connectivity index (χ0) is 12.8. The van der Waals surface area contributed by atoms with Crippen molar-refractivity contribution < 1.29 is 9.90 Å². The summed E-state index contributed by atoms with van der Waals surface area (Å²) >= 11 is 0. The normalized spacial score (nSPS) is 17.8. The molecule has 3 nitrogen and oxygen atoms in total. The number of aromatic carboxylic acids is 1. The minimum absolute atomic E-state index is 0.346. The van der Waals surface area contributed by atoms with Crippen molar-refractivity contribution in [2.45, 2.75) is 51.0 Å². The van der Waals surface area contributed by atoms with E-state index >= 15 is 0 Å². The SMILES string of the molecule is O=C(O)c1ccc(NC2CCCCCCC2)cc1. The van der Waals surface area contributed by atoms with Gasteiger partial charge >= 0.3 is 5.97 Å². The first-order valence-corrected chi connectivity index (χ1v) is 6.85. The molecule has 0 spiro atoms. The molecule has 2 N–H and O–H groups in total. The summed E-state index contributed by atoms with van der Waals surface area (Å²) < 4.78 is 0. The molecule has 0 aliphatic heterocycles. The summed E-state index contributed by atoms with van der Waals surface area (Å²) in [5, 5.41) is 12.4. The monoisotopic (exact) mass is 247 g/mol. The highest BCUT2D eigenvalue weighted by molar-refractivity contribution is 5.87. The van der Waals surface area contributed by atoms with Gasteiger partial charge in [0.15, 0.2) is 0 Å². The number of rotatable bonds is 3. The van der Waals surface area contributed by atoms with Gasteiger partial charge in [0.05, 0.1) is 5.56 Å². The fraction of sp³-hybridized carbons (Fsp3) is 0.533. The van der Waals surface area contributed by atoms with Crippen molar-refractivity contribution in [3.05, 3.63) is 29.8 Å². The Hall–Kier alpha value is -1.51. The Labute approximate surface area is 108 Å². The Bertz CT molecular complexity index is 378. The standard InChI is InChI=1S/C15H21NO2/c17-15(18)12-8-10-14(11-9-12)16-13-6-4-2-1-3-5-7-13/h8-11,13,16H,1-7H2,(H,17,18). The Balaban J connectivity index is 1.92. The third kappa shape index (κ3) is 3.76. The van der Waals surface area contributed by atoms with Crippen LogP contribution < -0.4 is 5.32 Å². The van der Waals surface area contributed by atoms with Gasteiger partial charge < -0.3 is 10.4 Å². The predicted octanol–water partition coefficient (Wildman–Crippen LogP) is 3.91. The summed E-state index contributed by atoms with van der Waals surface area (Å²) in [5.41, 5.74) is 1.38. The van der Waals surface area contributed by atoms with Crippen LogP contribution in [0.15, 0.2) is 24.3 Å². The van der Waals surface area contributed by atoms with E-state index in [1.165, 1.54) is 44.9 Å². The van der Waals surface area contributed by atoms with E-state index in [9.17, 15) is 4.79 Å². The molecule has 0 aromatic heterocycles. The summed E-state index contributed by atoms with van der Waals surface area (Å²) in [4.78, 5) is 10.8. The molecule has 1 aliphatic carbocycles. The Morgan fingerprint density at radius 2 is 1.56 bits per heavy atom. The van der Waals surface area contributed by atoms with E-state index in [4.69, 9.17) is 5.11 Å². The molecule has 1 aromatic rings. The van der Waals surface area contributed by atoms with Gasteiger partial charge in [0, 0.05) is 11.7 Å². The molecule has 0 amide bonds. The third-order valence-corrected chi connectivity index (χ3v) is 3.61. The highest BCUT2D eigenvalue weighted by Gasteiger charge is 2.11. The first-order chi connectivity index (χ1) is 8.75. The average Bonchev–Trinajstić information content (AvgIpc) is 2.33. The molecule has 1 aliphatic rings. The second-order valence-corrected chi connectivity index (χ2v) is 5.07. The number of benzene rings is 1. The second kappa shape index (κ2) is 6.43. The van der Waals surface area contributed by atoms with Gasteiger partial charge in [-0.05, 0) is 37.1 Å². The van der Waals surface area contributed by atoms with E-state index in [0.29, 0.717) is 11.6 Å². The molecular formula is C15H21NO2. The first kappa shape index (κ1) is 12.9. The summed E-state index contributed by atoms with van der Waals surface area (Å²) in [7, 11) is 0. The number of hydrogen-bond acceptors (Lipinski definition) is 2. The molecule has 1 fully saturated rings. The van der Waals surface area contributed by atoms with E-state index in [-0.39, 0.29) is 0 Å². The lowest BCUT2D eigenvalue weighted by molar-refractivity contribution is 0.0697. The number of anilines is 1. The molecule has 18 heavy (non-hydrogen) atoms. The van der Waals surface area contributed by atoms with Crippen molar-refractivity contribution in [1.82, 2.24) is 0 Å². The van der Waals surface area contributed by atoms with Crippen LogP contribution in [0, 0.1) is 0 Å². The summed E-state index contributed by atoms with van der Waals surface area (Å²) in [6, 6.07) is 7.59. The smallest absolute Gasteiger partial charge is 0.335 e. The van der Waals surface area contributed by atoms with Crippen LogP contribution in [0.4, 0.5) is 5.69 Å². The van der Waals surface area contributed by atoms with Gasteiger partial charge in [0.1, 0.15) is 0 Å². The third-order valence-electron chi connectivity index (χ3n) is 3.61. The zero-order valence-corrected chi connectivity index (χ0v) is 10.7. The van der Waals surface area contributed by atoms with Crippen LogP contribution in [0.2, 0.25) is 0 Å². The lowest BCUT2D eigenvalue weighted by Gasteiger charge is -2.22. The van der Waals surface area contributed by atoms with E-state index < -0.39 is 5.97 Å². The summed E-state index contributed by atoms with van der Waals surface area (Å²) in [6.45, 7) is 0. The van der Waals surface area contributed by atoms with Gasteiger partial charge in [-0.3, -0.25) is 0 Å². The van der Waals surface area contributed by atoms with E-state index in [1.807, 2.05) is 12.1 Å². The molecule has 0 unspecified atom stereocenters. The van der Waals surface area contributed by atoms with Crippen LogP contribution in [0.1, 0.15) is 55.3 Å². The average molecular weight is 247 g/mol. The maximum atomic E-state index is 10.8. The van der Waals surface area contributed by atoms with Crippen molar-refractivity contribution in [1.29, 1.82) is 0 Å². The van der Waals surface area contributed by atoms with Crippen molar-refractivity contribution in [2.24, 2.45) is 0 Å². The molecular weight excluding hydrogens is 226 g/mol. The molecule has 0 saturated heterocycles. The number of carbonyl (C=O) groups is 1. The predicted molar refractivity (Wildman–Crippen MR) is 73.1 cm³/mol. The molecule has 1 aromatic carbocycles. The zero-order valence-electron chi connectivity index (χ0n) is 10.7. The van der Waals surface area contributed by atoms with Crippen LogP contribution in [0.3, 0.4) is 0 Å². The molecule has 0 bridgehead atoms. The van der Waals surface area contributed by atoms with Gasteiger partial charge in [-0.25, -0.2) is 4.79 Å². The Morgan fingerprint density at radius 1 is 1.00 bits per heavy atom. The lowest BCUT2D eigenvalue weighted by Crippen LogP contribution is -2.20. The molecule has 0 heterocycles. The van der Waals surface area contributed by atoms with Crippen LogP contribution in [0.25, 0.3) is 0 Å². The van der Waals surface area contributed by atoms with Gasteiger partial charge in [-0.15, -0.1) is 0 Å². The first-order valence-electron chi connectivity index (χ1n) is 6.85. The van der Waals surface area contributed by atoms with E-state index in [1.54, 1.807) is 12.1 Å². The fourth-order valence-electron chi connectivity index (χ4n) is 2.55. The Kier molecular flexibility index (Phi) is 4.62. The molecule has 2 rings (SSSR count). The van der Waals surface area contributed by atoms with Gasteiger partial charge in [0.25, 0.3) is 0 Å². The maximum absolute atomic E-state index is 10.8. The van der Waals surface area contributed by atoms with Crippen molar-refractivity contribution in [3.63, 3.8) is 0 Å². The van der Waals surface area contributed by atoms with Crippen LogP contribution in [-0.2, 0) is 0 Å². The molecule has 3 heteroatoms. The number of carboxylic acid groups (broad SMARTS) is 1. The number of carboxylic acids is 1. The highest BCUT2D eigenvalue weighted by atomic mass is 16.4. The lowest BCUT2D eigenvalue weighted by atomic mass is 9.96. The van der Waals surface area contributed by atoms with Gasteiger partial charge in [0.2, 0.25) is 0 Å². The molecule has 0 atom stereocenters. The van der Waals surface area contributed by atoms with Crippen molar-refractivity contribution in [2.75, 3.05) is 5.32 Å². The molecule has 98 valence electrons.